The van der Waals surface area contributed by atoms with Crippen molar-refractivity contribution in [1.29, 1.82) is 0 Å². The molecule has 0 saturated heterocycles. The Bertz CT molecular complexity index is 1010. The number of aromatic amines is 1. The van der Waals surface area contributed by atoms with Crippen LogP contribution in [0.5, 0.6) is 0 Å². The van der Waals surface area contributed by atoms with E-state index in [0.29, 0.717) is 23.8 Å². The van der Waals surface area contributed by atoms with E-state index in [2.05, 4.69) is 25.5 Å². The summed E-state index contributed by atoms with van der Waals surface area (Å²) >= 11 is 0. The first kappa shape index (κ1) is 16.0. The highest BCUT2D eigenvalue weighted by atomic mass is 19.1. The molecule has 2 N–H and O–H groups in total. The highest BCUT2D eigenvalue weighted by Crippen LogP contribution is 2.27. The first-order valence-electron chi connectivity index (χ1n) is 8.20. The van der Waals surface area contributed by atoms with Gasteiger partial charge in [-0.2, -0.15) is 5.10 Å². The van der Waals surface area contributed by atoms with Crippen molar-refractivity contribution < 1.29 is 4.39 Å². The topological polar surface area (TPSA) is 66.5 Å². The number of hydrogen-bond donors (Lipinski definition) is 2. The Kier molecular flexibility index (Phi) is 4.38. The van der Waals surface area contributed by atoms with Crippen LogP contribution in [0.1, 0.15) is 5.56 Å². The third kappa shape index (κ3) is 3.44. The maximum Gasteiger partial charge on any atom is 0.181 e. The average molecular weight is 345 g/mol. The molecule has 0 spiro atoms. The second kappa shape index (κ2) is 7.14. The van der Waals surface area contributed by atoms with E-state index in [9.17, 15) is 4.39 Å². The Labute approximate surface area is 150 Å². The van der Waals surface area contributed by atoms with Crippen LogP contribution in [0.4, 0.5) is 10.1 Å². The van der Waals surface area contributed by atoms with Crippen LogP contribution in [-0.2, 0) is 6.54 Å². The van der Waals surface area contributed by atoms with Gasteiger partial charge in [0.15, 0.2) is 11.6 Å². The molecule has 2 aromatic heterocycles. The first-order chi connectivity index (χ1) is 12.8. The van der Waals surface area contributed by atoms with Gasteiger partial charge < -0.3 is 5.32 Å². The van der Waals surface area contributed by atoms with Gasteiger partial charge in [-0.25, -0.2) is 9.37 Å². The van der Waals surface area contributed by atoms with Crippen molar-refractivity contribution in [2.45, 2.75) is 6.54 Å². The molecule has 0 unspecified atom stereocenters. The van der Waals surface area contributed by atoms with Gasteiger partial charge in [0.1, 0.15) is 5.82 Å². The maximum absolute atomic E-state index is 13.4. The standard InChI is InChI=1S/C20H16FN5/c21-16-5-3-4-15(12-16)19-24-20(26-25-19)17-6-1-2-7-18(17)23-13-14-8-10-22-11-9-14/h1-12,23H,13H2,(H,24,25,26). The lowest BCUT2D eigenvalue weighted by molar-refractivity contribution is 0.628. The molecule has 0 atom stereocenters. The Hall–Kier alpha value is -3.54. The first-order valence-corrected chi connectivity index (χ1v) is 8.20. The molecule has 0 aliphatic rings. The van der Waals surface area contributed by atoms with Crippen molar-refractivity contribution in [1.82, 2.24) is 20.2 Å². The van der Waals surface area contributed by atoms with Gasteiger partial charge >= 0.3 is 0 Å². The summed E-state index contributed by atoms with van der Waals surface area (Å²) in [4.78, 5) is 8.55. The van der Waals surface area contributed by atoms with E-state index in [1.54, 1.807) is 24.5 Å². The molecule has 5 nitrogen and oxygen atoms in total. The predicted octanol–water partition coefficient (Wildman–Crippen LogP) is 4.28. The summed E-state index contributed by atoms with van der Waals surface area (Å²) < 4.78 is 13.4. The molecule has 0 radical (unpaired) electrons. The predicted molar refractivity (Wildman–Crippen MR) is 98.8 cm³/mol. The van der Waals surface area contributed by atoms with Crippen molar-refractivity contribution in [2.24, 2.45) is 0 Å². The quantitative estimate of drug-likeness (QED) is 0.566. The highest BCUT2D eigenvalue weighted by Gasteiger charge is 2.11. The summed E-state index contributed by atoms with van der Waals surface area (Å²) in [5, 5.41) is 10.6. The van der Waals surface area contributed by atoms with E-state index in [1.165, 1.54) is 12.1 Å². The second-order valence-electron chi connectivity index (χ2n) is 5.77. The van der Waals surface area contributed by atoms with Crippen LogP contribution in [-0.4, -0.2) is 20.2 Å². The summed E-state index contributed by atoms with van der Waals surface area (Å²) in [6.07, 6.45) is 3.54. The fraction of sp³-hybridized carbons (Fsp3) is 0.0500. The maximum atomic E-state index is 13.4. The molecule has 0 saturated carbocycles. The third-order valence-electron chi connectivity index (χ3n) is 3.98. The number of anilines is 1. The Morgan fingerprint density at radius 2 is 1.81 bits per heavy atom. The normalized spacial score (nSPS) is 10.7. The lowest BCUT2D eigenvalue weighted by Gasteiger charge is -2.10. The van der Waals surface area contributed by atoms with Crippen LogP contribution in [0.3, 0.4) is 0 Å². The minimum atomic E-state index is -0.312. The van der Waals surface area contributed by atoms with Crippen LogP contribution < -0.4 is 5.32 Å². The van der Waals surface area contributed by atoms with Gasteiger partial charge in [0, 0.05) is 35.8 Å². The molecule has 26 heavy (non-hydrogen) atoms. The van der Waals surface area contributed by atoms with Crippen molar-refractivity contribution in [3.63, 3.8) is 0 Å². The van der Waals surface area contributed by atoms with Gasteiger partial charge in [-0.1, -0.05) is 24.3 Å². The Balaban J connectivity index is 1.60. The molecular formula is C20H16FN5. The van der Waals surface area contributed by atoms with Crippen molar-refractivity contribution in [2.75, 3.05) is 5.32 Å². The number of nitrogens with zero attached hydrogens (tertiary/aromatic N) is 3. The average Bonchev–Trinajstić information content (AvgIpc) is 3.17. The number of rotatable bonds is 5. The second-order valence-corrected chi connectivity index (χ2v) is 5.77. The van der Waals surface area contributed by atoms with Gasteiger partial charge in [0.05, 0.1) is 0 Å². The zero-order valence-electron chi connectivity index (χ0n) is 13.9. The number of pyridine rings is 1. The van der Waals surface area contributed by atoms with Crippen LogP contribution in [0.25, 0.3) is 22.8 Å². The monoisotopic (exact) mass is 345 g/mol. The van der Waals surface area contributed by atoms with Crippen LogP contribution >= 0.6 is 0 Å². The van der Waals surface area contributed by atoms with Crippen LogP contribution in [0.15, 0.2) is 73.1 Å². The molecule has 6 heteroatoms. The van der Waals surface area contributed by atoms with E-state index >= 15 is 0 Å². The summed E-state index contributed by atoms with van der Waals surface area (Å²) in [7, 11) is 0. The van der Waals surface area contributed by atoms with E-state index in [1.807, 2.05) is 36.4 Å². The number of halogens is 1. The SMILES string of the molecule is Fc1cccc(-c2n[nH]c(-c3ccccc3NCc3ccncc3)n2)c1. The summed E-state index contributed by atoms with van der Waals surface area (Å²) in [6.45, 7) is 0.671. The number of hydrogen-bond acceptors (Lipinski definition) is 4. The molecule has 4 rings (SSSR count). The molecule has 2 aromatic carbocycles. The van der Waals surface area contributed by atoms with Crippen molar-refractivity contribution >= 4 is 5.69 Å². The lowest BCUT2D eigenvalue weighted by atomic mass is 10.1. The summed E-state index contributed by atoms with van der Waals surface area (Å²) in [5.74, 6) is 0.777. The molecule has 0 aliphatic carbocycles. The number of nitrogens with one attached hydrogen (secondary N) is 2. The van der Waals surface area contributed by atoms with E-state index in [4.69, 9.17) is 0 Å². The summed E-state index contributed by atoms with van der Waals surface area (Å²) in [6, 6.07) is 18.0. The van der Waals surface area contributed by atoms with Gasteiger partial charge in [0.25, 0.3) is 0 Å². The van der Waals surface area contributed by atoms with Crippen molar-refractivity contribution in [3.05, 3.63) is 84.4 Å². The molecule has 2 heterocycles. The highest BCUT2D eigenvalue weighted by molar-refractivity contribution is 5.74. The minimum absolute atomic E-state index is 0.312. The van der Waals surface area contributed by atoms with Crippen LogP contribution in [0, 0.1) is 5.82 Å². The third-order valence-corrected chi connectivity index (χ3v) is 3.98. The Morgan fingerprint density at radius 3 is 2.65 bits per heavy atom. The number of para-hydroxylation sites is 1. The summed E-state index contributed by atoms with van der Waals surface area (Å²) in [5.41, 5.74) is 3.60. The zero-order chi connectivity index (χ0) is 17.8. The number of aromatic nitrogens is 4. The van der Waals surface area contributed by atoms with E-state index < -0.39 is 0 Å². The zero-order valence-corrected chi connectivity index (χ0v) is 13.9. The smallest absolute Gasteiger partial charge is 0.181 e. The van der Waals surface area contributed by atoms with Gasteiger partial charge in [-0.15, -0.1) is 0 Å². The molecule has 0 aliphatic heterocycles. The van der Waals surface area contributed by atoms with Crippen LogP contribution in [0.2, 0.25) is 0 Å². The minimum Gasteiger partial charge on any atom is -0.380 e. The van der Waals surface area contributed by atoms with E-state index in [-0.39, 0.29) is 5.82 Å². The lowest BCUT2D eigenvalue weighted by Crippen LogP contribution is -2.01. The molecule has 128 valence electrons. The molecule has 4 aromatic rings. The molecule has 0 bridgehead atoms. The molecular weight excluding hydrogens is 329 g/mol. The fourth-order valence-electron chi connectivity index (χ4n) is 2.68. The fourth-order valence-corrected chi connectivity index (χ4v) is 2.68. The Morgan fingerprint density at radius 1 is 0.962 bits per heavy atom. The van der Waals surface area contributed by atoms with Gasteiger partial charge in [0.2, 0.25) is 0 Å². The van der Waals surface area contributed by atoms with Crippen molar-refractivity contribution in [3.8, 4) is 22.8 Å². The molecule has 0 amide bonds. The van der Waals surface area contributed by atoms with E-state index in [0.717, 1.165) is 16.8 Å². The number of H-pyrrole nitrogens is 1. The van der Waals surface area contributed by atoms with Gasteiger partial charge in [-0.3, -0.25) is 10.1 Å². The van der Waals surface area contributed by atoms with Gasteiger partial charge in [-0.05, 0) is 42.0 Å². The number of benzene rings is 2. The molecule has 0 fully saturated rings. The largest absolute Gasteiger partial charge is 0.380 e.